The highest BCUT2D eigenvalue weighted by atomic mass is 79.9. The third-order valence-corrected chi connectivity index (χ3v) is 3.41. The molecule has 0 aromatic carbocycles. The normalized spacial score (nSPS) is 12.5. The zero-order chi connectivity index (χ0) is 13.2. The van der Waals surface area contributed by atoms with Crippen molar-refractivity contribution < 1.29 is 0 Å². The molecule has 3 rings (SSSR count). The lowest BCUT2D eigenvalue weighted by Gasteiger charge is -2.10. The average Bonchev–Trinajstić information content (AvgIpc) is 2.84. The van der Waals surface area contributed by atoms with Crippen LogP contribution in [0.25, 0.3) is 5.65 Å². The molecule has 0 radical (unpaired) electrons. The summed E-state index contributed by atoms with van der Waals surface area (Å²) in [5, 5.41) is 7.62. The Hall–Kier alpha value is -1.95. The molecule has 0 saturated heterocycles. The topological polar surface area (TPSA) is 55.1 Å². The molecule has 96 valence electrons. The number of hydrogen-bond acceptors (Lipinski definition) is 4. The summed E-state index contributed by atoms with van der Waals surface area (Å²) in [5.41, 5.74) is 1.75. The molecule has 3 aromatic rings. The molecule has 1 atom stereocenters. The fraction of sp³-hybridized carbons (Fsp3) is 0.154. The summed E-state index contributed by atoms with van der Waals surface area (Å²) in [5.74, 6) is 0.588. The first-order valence-corrected chi connectivity index (χ1v) is 6.72. The maximum atomic E-state index is 4.44. The van der Waals surface area contributed by atoms with E-state index < -0.39 is 0 Å². The Morgan fingerprint density at radius 2 is 2.16 bits per heavy atom. The maximum Gasteiger partial charge on any atom is 0.243 e. The minimum absolute atomic E-state index is 0.0531. The first-order valence-electron chi connectivity index (χ1n) is 5.92. The van der Waals surface area contributed by atoms with E-state index in [0.29, 0.717) is 5.95 Å². The van der Waals surface area contributed by atoms with Crippen LogP contribution in [0.4, 0.5) is 5.95 Å². The van der Waals surface area contributed by atoms with Crippen LogP contribution in [-0.4, -0.2) is 19.6 Å². The molecule has 0 amide bonds. The Kier molecular flexibility index (Phi) is 3.16. The van der Waals surface area contributed by atoms with Gasteiger partial charge in [0, 0.05) is 12.4 Å². The molecule has 3 aromatic heterocycles. The van der Waals surface area contributed by atoms with E-state index in [1.165, 1.54) is 0 Å². The second kappa shape index (κ2) is 4.97. The van der Waals surface area contributed by atoms with Gasteiger partial charge >= 0.3 is 0 Å². The number of rotatable bonds is 3. The average molecular weight is 318 g/mol. The zero-order valence-electron chi connectivity index (χ0n) is 10.3. The van der Waals surface area contributed by atoms with Crippen LogP contribution < -0.4 is 5.32 Å². The molecule has 6 heteroatoms. The van der Waals surface area contributed by atoms with Gasteiger partial charge in [-0.2, -0.15) is 4.98 Å². The molecule has 0 aliphatic rings. The number of nitrogens with one attached hydrogen (secondary N) is 1. The minimum Gasteiger partial charge on any atom is -0.345 e. The number of anilines is 1. The Balaban J connectivity index is 1.88. The number of aromatic nitrogens is 4. The summed E-state index contributed by atoms with van der Waals surface area (Å²) >= 11 is 3.46. The summed E-state index contributed by atoms with van der Waals surface area (Å²) in [6, 6.07) is 9.75. The molecule has 0 fully saturated rings. The molecule has 1 N–H and O–H groups in total. The third-order valence-electron chi connectivity index (χ3n) is 2.79. The van der Waals surface area contributed by atoms with Gasteiger partial charge in [-0.3, -0.25) is 4.98 Å². The molecule has 0 saturated carbocycles. The fourth-order valence-corrected chi connectivity index (χ4v) is 2.26. The van der Waals surface area contributed by atoms with E-state index in [2.05, 4.69) is 36.3 Å². The van der Waals surface area contributed by atoms with Gasteiger partial charge in [-0.25, -0.2) is 4.52 Å². The molecule has 3 heterocycles. The van der Waals surface area contributed by atoms with Crippen LogP contribution in [-0.2, 0) is 0 Å². The minimum atomic E-state index is 0.0531. The number of hydrogen-bond donors (Lipinski definition) is 1. The van der Waals surface area contributed by atoms with Gasteiger partial charge in [0.2, 0.25) is 5.95 Å². The Morgan fingerprint density at radius 3 is 2.89 bits per heavy atom. The first kappa shape index (κ1) is 12.1. The molecule has 1 unspecified atom stereocenters. The van der Waals surface area contributed by atoms with E-state index in [-0.39, 0.29) is 6.04 Å². The van der Waals surface area contributed by atoms with E-state index in [0.717, 1.165) is 15.8 Å². The SMILES string of the molecule is CC(Nc1nc2c(Br)cccn2n1)c1ccccn1. The lowest BCUT2D eigenvalue weighted by molar-refractivity contribution is 0.818. The molecular formula is C13H12BrN5. The summed E-state index contributed by atoms with van der Waals surface area (Å²) in [6.45, 7) is 2.03. The van der Waals surface area contributed by atoms with Gasteiger partial charge in [-0.15, -0.1) is 5.10 Å². The molecule has 0 bridgehead atoms. The highest BCUT2D eigenvalue weighted by Crippen LogP contribution is 2.19. The van der Waals surface area contributed by atoms with Crippen LogP contribution in [0, 0.1) is 0 Å². The van der Waals surface area contributed by atoms with E-state index in [4.69, 9.17) is 0 Å². The highest BCUT2D eigenvalue weighted by molar-refractivity contribution is 9.10. The molecule has 0 aliphatic carbocycles. The van der Waals surface area contributed by atoms with Gasteiger partial charge < -0.3 is 5.32 Å². The summed E-state index contributed by atoms with van der Waals surface area (Å²) in [7, 11) is 0. The van der Waals surface area contributed by atoms with Gasteiger partial charge in [0.15, 0.2) is 5.65 Å². The number of fused-ring (bicyclic) bond motifs is 1. The van der Waals surface area contributed by atoms with E-state index in [1.807, 2.05) is 43.5 Å². The van der Waals surface area contributed by atoms with Gasteiger partial charge in [-0.05, 0) is 47.1 Å². The monoisotopic (exact) mass is 317 g/mol. The van der Waals surface area contributed by atoms with Gasteiger partial charge in [0.05, 0.1) is 16.2 Å². The molecular weight excluding hydrogens is 306 g/mol. The van der Waals surface area contributed by atoms with E-state index >= 15 is 0 Å². The second-order valence-electron chi connectivity index (χ2n) is 4.18. The largest absolute Gasteiger partial charge is 0.345 e. The predicted octanol–water partition coefficient (Wildman–Crippen LogP) is 3.06. The van der Waals surface area contributed by atoms with Crippen LogP contribution >= 0.6 is 15.9 Å². The quantitative estimate of drug-likeness (QED) is 0.806. The summed E-state index contributed by atoms with van der Waals surface area (Å²) in [4.78, 5) is 8.76. The third kappa shape index (κ3) is 2.44. The highest BCUT2D eigenvalue weighted by Gasteiger charge is 2.11. The Labute approximate surface area is 118 Å². The Bertz CT molecular complexity index is 695. The Morgan fingerprint density at radius 1 is 1.26 bits per heavy atom. The van der Waals surface area contributed by atoms with Crippen molar-refractivity contribution in [2.24, 2.45) is 0 Å². The first-order chi connectivity index (χ1) is 9.24. The van der Waals surface area contributed by atoms with Crippen molar-refractivity contribution in [2.75, 3.05) is 5.32 Å². The lowest BCUT2D eigenvalue weighted by atomic mass is 10.2. The molecule has 5 nitrogen and oxygen atoms in total. The maximum absolute atomic E-state index is 4.44. The number of halogens is 1. The fourth-order valence-electron chi connectivity index (χ4n) is 1.83. The van der Waals surface area contributed by atoms with Gasteiger partial charge in [0.25, 0.3) is 0 Å². The van der Waals surface area contributed by atoms with Crippen LogP contribution in [0.2, 0.25) is 0 Å². The zero-order valence-corrected chi connectivity index (χ0v) is 11.9. The smallest absolute Gasteiger partial charge is 0.243 e. The summed E-state index contributed by atoms with van der Waals surface area (Å²) in [6.07, 6.45) is 3.64. The number of pyridine rings is 2. The van der Waals surface area contributed by atoms with Crippen molar-refractivity contribution in [3.05, 3.63) is 52.9 Å². The van der Waals surface area contributed by atoms with E-state index in [1.54, 1.807) is 10.7 Å². The molecule has 19 heavy (non-hydrogen) atoms. The molecule has 0 spiro atoms. The van der Waals surface area contributed by atoms with Crippen LogP contribution in [0.1, 0.15) is 18.7 Å². The standard InChI is InChI=1S/C13H12BrN5/c1-9(11-6-2-3-7-15-11)16-13-17-12-10(14)5-4-8-19(12)18-13/h2-9H,1H3,(H,16,18). The van der Waals surface area contributed by atoms with Crippen LogP contribution in [0.3, 0.4) is 0 Å². The van der Waals surface area contributed by atoms with Crippen LogP contribution in [0.5, 0.6) is 0 Å². The van der Waals surface area contributed by atoms with Crippen molar-refractivity contribution in [2.45, 2.75) is 13.0 Å². The van der Waals surface area contributed by atoms with Crippen molar-refractivity contribution in [3.63, 3.8) is 0 Å². The van der Waals surface area contributed by atoms with Crippen molar-refractivity contribution in [3.8, 4) is 0 Å². The predicted molar refractivity (Wildman–Crippen MR) is 77.0 cm³/mol. The van der Waals surface area contributed by atoms with Crippen molar-refractivity contribution in [1.82, 2.24) is 19.6 Å². The van der Waals surface area contributed by atoms with Crippen LogP contribution in [0.15, 0.2) is 47.2 Å². The summed E-state index contributed by atoms with van der Waals surface area (Å²) < 4.78 is 2.65. The van der Waals surface area contributed by atoms with E-state index in [9.17, 15) is 0 Å². The molecule has 0 aliphatic heterocycles. The second-order valence-corrected chi connectivity index (χ2v) is 5.03. The van der Waals surface area contributed by atoms with Crippen molar-refractivity contribution in [1.29, 1.82) is 0 Å². The lowest BCUT2D eigenvalue weighted by Crippen LogP contribution is -2.09. The van der Waals surface area contributed by atoms with Crippen molar-refractivity contribution >= 4 is 27.5 Å². The van der Waals surface area contributed by atoms with Gasteiger partial charge in [0.1, 0.15) is 0 Å². The van der Waals surface area contributed by atoms with Gasteiger partial charge in [-0.1, -0.05) is 6.07 Å². The number of nitrogens with zero attached hydrogens (tertiary/aromatic N) is 4.